The zero-order valence-corrected chi connectivity index (χ0v) is 16.0. The van der Waals surface area contributed by atoms with Crippen LogP contribution in [-0.2, 0) is 19.4 Å². The van der Waals surface area contributed by atoms with Crippen LogP contribution in [0.5, 0.6) is 0 Å². The second-order valence-corrected chi connectivity index (χ2v) is 6.66. The Morgan fingerprint density at radius 1 is 1.03 bits per heavy atom. The topological polar surface area (TPSA) is 77.1 Å². The molecule has 0 aliphatic carbocycles. The smallest absolute Gasteiger partial charge is 0.321 e. The predicted molar refractivity (Wildman–Crippen MR) is 99.6 cm³/mol. The molecule has 7 nitrogen and oxygen atoms in total. The van der Waals surface area contributed by atoms with Crippen molar-refractivity contribution >= 4 is 17.1 Å². The Morgan fingerprint density at radius 3 is 2.47 bits per heavy atom. The number of fused-ring (bicyclic) bond motifs is 1. The van der Waals surface area contributed by atoms with Gasteiger partial charge in [0.15, 0.2) is 0 Å². The van der Waals surface area contributed by atoms with Gasteiger partial charge in [-0.2, -0.15) is 36.5 Å². The molecular formula is C19H12F6N6O. The Morgan fingerprint density at radius 2 is 1.78 bits per heavy atom. The van der Waals surface area contributed by atoms with Crippen LogP contribution in [0.25, 0.3) is 16.8 Å². The van der Waals surface area contributed by atoms with Crippen LogP contribution in [0.4, 0.5) is 32.0 Å². The van der Waals surface area contributed by atoms with Gasteiger partial charge in [-0.3, -0.25) is 14.5 Å². The predicted octanol–water partition coefficient (Wildman–Crippen LogP) is 4.42. The second kappa shape index (κ2) is 7.35. The van der Waals surface area contributed by atoms with Crippen molar-refractivity contribution in [3.05, 3.63) is 65.9 Å². The number of nitrogens with zero attached hydrogens (tertiary/aromatic N) is 5. The fourth-order valence-corrected chi connectivity index (χ4v) is 3.25. The van der Waals surface area contributed by atoms with Gasteiger partial charge in [-0.15, -0.1) is 0 Å². The van der Waals surface area contributed by atoms with E-state index in [-0.39, 0.29) is 11.3 Å². The molecule has 13 heteroatoms. The second-order valence-electron chi connectivity index (χ2n) is 6.66. The van der Waals surface area contributed by atoms with Gasteiger partial charge < -0.3 is 5.32 Å². The summed E-state index contributed by atoms with van der Waals surface area (Å²) in [7, 11) is 1.14. The van der Waals surface area contributed by atoms with E-state index in [1.807, 2.05) is 0 Å². The van der Waals surface area contributed by atoms with E-state index in [4.69, 9.17) is 0 Å². The van der Waals surface area contributed by atoms with Gasteiger partial charge in [0.25, 0.3) is 5.91 Å². The summed E-state index contributed by atoms with van der Waals surface area (Å²) in [6.45, 7) is 0. The number of aromatic nitrogens is 5. The first-order valence-electron chi connectivity index (χ1n) is 8.88. The lowest BCUT2D eigenvalue weighted by Crippen LogP contribution is -2.21. The molecule has 0 atom stereocenters. The van der Waals surface area contributed by atoms with Crippen molar-refractivity contribution in [2.45, 2.75) is 12.4 Å². The lowest BCUT2D eigenvalue weighted by Gasteiger charge is -2.12. The summed E-state index contributed by atoms with van der Waals surface area (Å²) < 4.78 is 82.8. The largest absolute Gasteiger partial charge is 0.433 e. The molecule has 4 aromatic heterocycles. The van der Waals surface area contributed by atoms with Gasteiger partial charge in [0.1, 0.15) is 22.6 Å². The maximum absolute atomic E-state index is 14.0. The highest BCUT2D eigenvalue weighted by Gasteiger charge is 2.42. The van der Waals surface area contributed by atoms with E-state index >= 15 is 0 Å². The molecule has 1 amide bonds. The number of alkyl halides is 6. The average molecular weight is 454 g/mol. The van der Waals surface area contributed by atoms with E-state index in [2.05, 4.69) is 20.5 Å². The van der Waals surface area contributed by atoms with Crippen LogP contribution in [0.1, 0.15) is 21.7 Å². The summed E-state index contributed by atoms with van der Waals surface area (Å²) >= 11 is 0. The molecule has 166 valence electrons. The van der Waals surface area contributed by atoms with E-state index in [1.54, 1.807) is 0 Å². The molecule has 4 heterocycles. The fourth-order valence-electron chi connectivity index (χ4n) is 3.25. The SMILES string of the molecule is Cn1nc(-c2cccn3nccc23)c(C(F)(F)F)c1C(=O)Nc1ccnc(C(F)(F)F)c1. The number of aryl methyl sites for hydroxylation is 1. The van der Waals surface area contributed by atoms with Crippen molar-refractivity contribution in [1.82, 2.24) is 24.4 Å². The lowest BCUT2D eigenvalue weighted by molar-refractivity contribution is -0.141. The van der Waals surface area contributed by atoms with Gasteiger partial charge in [0, 0.05) is 30.7 Å². The molecule has 0 aromatic carbocycles. The van der Waals surface area contributed by atoms with E-state index < -0.39 is 40.9 Å². The molecule has 0 bridgehead atoms. The lowest BCUT2D eigenvalue weighted by atomic mass is 10.0. The summed E-state index contributed by atoms with van der Waals surface area (Å²) in [5.74, 6) is -1.28. The van der Waals surface area contributed by atoms with Crippen LogP contribution >= 0.6 is 0 Å². The molecule has 0 radical (unpaired) electrons. The number of nitrogens with one attached hydrogen (secondary N) is 1. The normalized spacial score (nSPS) is 12.3. The molecule has 0 unspecified atom stereocenters. The fraction of sp³-hybridized carbons (Fsp3) is 0.158. The number of hydrogen-bond acceptors (Lipinski definition) is 4. The highest BCUT2D eigenvalue weighted by Crippen LogP contribution is 2.40. The minimum atomic E-state index is -4.99. The Balaban J connectivity index is 1.82. The van der Waals surface area contributed by atoms with Crippen LogP contribution < -0.4 is 5.32 Å². The monoisotopic (exact) mass is 454 g/mol. The minimum absolute atomic E-state index is 0.0789. The van der Waals surface area contributed by atoms with Gasteiger partial charge >= 0.3 is 12.4 Å². The maximum Gasteiger partial charge on any atom is 0.433 e. The first kappa shape index (κ1) is 21.3. The summed E-state index contributed by atoms with van der Waals surface area (Å²) in [5, 5.41) is 9.93. The molecule has 4 rings (SSSR count). The molecule has 0 spiro atoms. The average Bonchev–Trinajstić information content (AvgIpc) is 3.31. The third-order valence-corrected chi connectivity index (χ3v) is 4.55. The van der Waals surface area contributed by atoms with Gasteiger partial charge in [-0.25, -0.2) is 4.52 Å². The van der Waals surface area contributed by atoms with Crippen molar-refractivity contribution in [2.24, 2.45) is 7.05 Å². The number of pyridine rings is 2. The zero-order chi connectivity index (χ0) is 23.3. The summed E-state index contributed by atoms with van der Waals surface area (Å²) in [5.41, 5.74) is -3.96. The highest BCUT2D eigenvalue weighted by atomic mass is 19.4. The number of carbonyl (C=O) groups excluding carboxylic acids is 1. The van der Waals surface area contributed by atoms with Crippen molar-refractivity contribution in [2.75, 3.05) is 5.32 Å². The Labute approximate surface area is 175 Å². The molecule has 0 aliphatic heterocycles. The van der Waals surface area contributed by atoms with E-state index in [0.717, 1.165) is 24.0 Å². The summed E-state index contributed by atoms with van der Waals surface area (Å²) in [6.07, 6.45) is -6.06. The van der Waals surface area contributed by atoms with Gasteiger partial charge in [0.05, 0.1) is 11.7 Å². The van der Waals surface area contributed by atoms with E-state index in [9.17, 15) is 31.1 Å². The Kier molecular flexibility index (Phi) is 4.90. The molecule has 0 aliphatic rings. The molecule has 32 heavy (non-hydrogen) atoms. The standard InChI is InChI=1S/C19H12F6N6O/c1-30-16(17(32)28-10-4-6-26-13(9-10)18(20,21)22)14(19(23,24)25)15(29-30)11-3-2-8-31-12(11)5-7-27-31/h2-9H,1H3,(H,26,28,32). The molecule has 1 N–H and O–H groups in total. The third-order valence-electron chi connectivity index (χ3n) is 4.55. The van der Waals surface area contributed by atoms with Crippen molar-refractivity contribution in [3.8, 4) is 11.3 Å². The number of carbonyl (C=O) groups is 1. The van der Waals surface area contributed by atoms with E-state index in [0.29, 0.717) is 11.6 Å². The van der Waals surface area contributed by atoms with Crippen molar-refractivity contribution in [3.63, 3.8) is 0 Å². The number of anilines is 1. The quantitative estimate of drug-likeness (QED) is 0.465. The van der Waals surface area contributed by atoms with Crippen LogP contribution in [0.3, 0.4) is 0 Å². The third kappa shape index (κ3) is 3.76. The highest BCUT2D eigenvalue weighted by molar-refractivity contribution is 6.05. The first-order chi connectivity index (χ1) is 15.0. The number of hydrogen-bond donors (Lipinski definition) is 1. The van der Waals surface area contributed by atoms with Gasteiger partial charge in [-0.1, -0.05) is 0 Å². The number of rotatable bonds is 3. The molecule has 0 saturated heterocycles. The minimum Gasteiger partial charge on any atom is -0.321 e. The van der Waals surface area contributed by atoms with Crippen molar-refractivity contribution in [1.29, 1.82) is 0 Å². The first-order valence-corrected chi connectivity index (χ1v) is 8.88. The number of amides is 1. The van der Waals surface area contributed by atoms with Crippen molar-refractivity contribution < 1.29 is 31.1 Å². The summed E-state index contributed by atoms with van der Waals surface area (Å²) in [6, 6.07) is 5.91. The Bertz CT molecular complexity index is 1320. The van der Waals surface area contributed by atoms with Crippen LogP contribution in [0.2, 0.25) is 0 Å². The summed E-state index contributed by atoms with van der Waals surface area (Å²) in [4.78, 5) is 15.9. The molecule has 4 aromatic rings. The van der Waals surface area contributed by atoms with Gasteiger partial charge in [-0.05, 0) is 30.3 Å². The van der Waals surface area contributed by atoms with Crippen LogP contribution in [0.15, 0.2) is 48.9 Å². The maximum atomic E-state index is 14.0. The van der Waals surface area contributed by atoms with E-state index in [1.165, 1.54) is 35.1 Å². The zero-order valence-electron chi connectivity index (χ0n) is 16.0. The Hall–Kier alpha value is -3.90. The van der Waals surface area contributed by atoms with Crippen LogP contribution in [-0.4, -0.2) is 30.3 Å². The van der Waals surface area contributed by atoms with Crippen LogP contribution in [0, 0.1) is 0 Å². The number of halogens is 6. The van der Waals surface area contributed by atoms with Gasteiger partial charge in [0.2, 0.25) is 0 Å². The molecule has 0 fully saturated rings. The molecular weight excluding hydrogens is 442 g/mol. The molecule has 0 saturated carbocycles.